The summed E-state index contributed by atoms with van der Waals surface area (Å²) in [5.41, 5.74) is 13.2. The number of primary amides is 1. The Morgan fingerprint density at radius 1 is 1.18 bits per heavy atom. The summed E-state index contributed by atoms with van der Waals surface area (Å²) >= 11 is 0. The van der Waals surface area contributed by atoms with Crippen molar-refractivity contribution in [2.75, 3.05) is 11.9 Å². The topological polar surface area (TPSA) is 85.3 Å². The summed E-state index contributed by atoms with van der Waals surface area (Å²) in [4.78, 5) is 21.6. The van der Waals surface area contributed by atoms with Gasteiger partial charge in [0.1, 0.15) is 0 Å². The molecule has 1 saturated carbocycles. The first-order chi connectivity index (χ1) is 15.9. The minimum atomic E-state index is -0.368. The van der Waals surface area contributed by atoms with Crippen LogP contribution in [0.1, 0.15) is 54.1 Å². The second-order valence-corrected chi connectivity index (χ2v) is 9.40. The molecule has 6 nitrogen and oxygen atoms in total. The fourth-order valence-corrected chi connectivity index (χ4v) is 4.24. The van der Waals surface area contributed by atoms with Gasteiger partial charge in [0.25, 0.3) is 0 Å². The van der Waals surface area contributed by atoms with Gasteiger partial charge in [0, 0.05) is 29.4 Å². The van der Waals surface area contributed by atoms with Crippen molar-refractivity contribution in [2.24, 2.45) is 11.7 Å². The van der Waals surface area contributed by atoms with Gasteiger partial charge in [0.15, 0.2) is 11.5 Å². The standard InChI is InChI=1S/C27H29N5O/c1-16(2)13-29-26-27-30-14-24(20-9-10-21(25(28)33)22(12-20)18-7-8-18)32(27)15-23(31-26)19-6-4-5-17(3)11-19/h4-6,9-12,14-16,18H,7-8,13H2,1-3H3,(H2,28,33)(H,29,31). The van der Waals surface area contributed by atoms with Crippen LogP contribution in [0.3, 0.4) is 0 Å². The van der Waals surface area contributed by atoms with Crippen LogP contribution >= 0.6 is 0 Å². The monoisotopic (exact) mass is 439 g/mol. The van der Waals surface area contributed by atoms with Crippen molar-refractivity contribution < 1.29 is 4.79 Å². The number of imidazole rings is 1. The van der Waals surface area contributed by atoms with E-state index in [2.05, 4.69) is 60.8 Å². The molecule has 0 aliphatic heterocycles. The number of hydrogen-bond donors (Lipinski definition) is 2. The van der Waals surface area contributed by atoms with Crippen LogP contribution in [-0.4, -0.2) is 26.8 Å². The SMILES string of the molecule is Cc1cccc(-c2cn3c(-c4ccc(C(N)=O)c(C5CC5)c4)cnc3c(NCC(C)C)n2)c1. The van der Waals surface area contributed by atoms with E-state index in [-0.39, 0.29) is 5.91 Å². The Hall–Kier alpha value is -3.67. The average Bonchev–Trinajstić information content (AvgIpc) is 3.55. The number of anilines is 1. The van der Waals surface area contributed by atoms with Crippen LogP contribution in [0.15, 0.2) is 54.9 Å². The van der Waals surface area contributed by atoms with E-state index in [9.17, 15) is 4.79 Å². The molecule has 0 spiro atoms. The van der Waals surface area contributed by atoms with Crippen LogP contribution in [0.4, 0.5) is 5.82 Å². The van der Waals surface area contributed by atoms with Crippen LogP contribution in [0, 0.1) is 12.8 Å². The van der Waals surface area contributed by atoms with E-state index in [1.807, 2.05) is 24.5 Å². The van der Waals surface area contributed by atoms with E-state index in [4.69, 9.17) is 15.7 Å². The maximum atomic E-state index is 12.0. The van der Waals surface area contributed by atoms with Crippen molar-refractivity contribution in [2.45, 2.75) is 39.5 Å². The number of carbonyl (C=O) groups is 1. The summed E-state index contributed by atoms with van der Waals surface area (Å²) in [7, 11) is 0. The fourth-order valence-electron chi connectivity index (χ4n) is 4.24. The molecule has 1 aliphatic carbocycles. The molecule has 2 aromatic carbocycles. The predicted octanol–water partition coefficient (Wildman–Crippen LogP) is 5.42. The minimum absolute atomic E-state index is 0.368. The smallest absolute Gasteiger partial charge is 0.248 e. The number of nitrogens with two attached hydrogens (primary N) is 1. The van der Waals surface area contributed by atoms with Gasteiger partial charge in [-0.1, -0.05) is 43.7 Å². The average molecular weight is 440 g/mol. The van der Waals surface area contributed by atoms with Gasteiger partial charge in [-0.05, 0) is 55.4 Å². The van der Waals surface area contributed by atoms with Gasteiger partial charge in [-0.3, -0.25) is 9.20 Å². The summed E-state index contributed by atoms with van der Waals surface area (Å²) in [6.07, 6.45) is 6.13. The third kappa shape index (κ3) is 4.21. The molecule has 0 unspecified atom stereocenters. The lowest BCUT2D eigenvalue weighted by molar-refractivity contribution is 0.0999. The summed E-state index contributed by atoms with van der Waals surface area (Å²) in [5, 5.41) is 3.48. The second kappa shape index (κ2) is 8.35. The Bertz CT molecular complexity index is 1350. The number of nitrogens with zero attached hydrogens (tertiary/aromatic N) is 3. The highest BCUT2D eigenvalue weighted by Gasteiger charge is 2.28. The molecule has 1 fully saturated rings. The van der Waals surface area contributed by atoms with Crippen LogP contribution in [0.2, 0.25) is 0 Å². The van der Waals surface area contributed by atoms with Gasteiger partial charge in [-0.2, -0.15) is 0 Å². The number of hydrogen-bond acceptors (Lipinski definition) is 4. The number of nitrogens with one attached hydrogen (secondary N) is 1. The lowest BCUT2D eigenvalue weighted by Crippen LogP contribution is -2.13. The van der Waals surface area contributed by atoms with Gasteiger partial charge in [0.05, 0.1) is 17.6 Å². The Morgan fingerprint density at radius 3 is 2.70 bits per heavy atom. The molecule has 0 bridgehead atoms. The molecule has 33 heavy (non-hydrogen) atoms. The van der Waals surface area contributed by atoms with Crippen molar-refractivity contribution in [1.82, 2.24) is 14.4 Å². The highest BCUT2D eigenvalue weighted by atomic mass is 16.1. The quantitative estimate of drug-likeness (QED) is 0.403. The van der Waals surface area contributed by atoms with Crippen LogP contribution in [-0.2, 0) is 0 Å². The summed E-state index contributed by atoms with van der Waals surface area (Å²) in [6.45, 7) is 7.24. The summed E-state index contributed by atoms with van der Waals surface area (Å²) in [5.74, 6) is 1.30. The molecular weight excluding hydrogens is 410 g/mol. The number of fused-ring (bicyclic) bond motifs is 1. The lowest BCUT2D eigenvalue weighted by Gasteiger charge is -2.13. The first-order valence-corrected chi connectivity index (χ1v) is 11.5. The van der Waals surface area contributed by atoms with E-state index in [1.165, 1.54) is 5.56 Å². The number of carbonyl (C=O) groups excluding carboxylic acids is 1. The third-order valence-corrected chi connectivity index (χ3v) is 6.11. The molecule has 5 rings (SSSR count). The van der Waals surface area contributed by atoms with E-state index < -0.39 is 0 Å². The molecule has 0 saturated heterocycles. The molecule has 2 aromatic heterocycles. The van der Waals surface area contributed by atoms with Crippen molar-refractivity contribution in [3.8, 4) is 22.5 Å². The number of benzene rings is 2. The number of aryl methyl sites for hydroxylation is 1. The zero-order chi connectivity index (χ0) is 23.1. The van der Waals surface area contributed by atoms with Crippen molar-refractivity contribution in [3.05, 3.63) is 71.5 Å². The van der Waals surface area contributed by atoms with E-state index >= 15 is 0 Å². The highest BCUT2D eigenvalue weighted by molar-refractivity contribution is 5.95. The normalized spacial score (nSPS) is 13.6. The van der Waals surface area contributed by atoms with Crippen molar-refractivity contribution >= 4 is 17.4 Å². The zero-order valence-electron chi connectivity index (χ0n) is 19.3. The number of amides is 1. The summed E-state index contributed by atoms with van der Waals surface area (Å²) < 4.78 is 2.10. The maximum absolute atomic E-state index is 12.0. The molecule has 1 amide bonds. The number of aromatic nitrogens is 3. The summed E-state index contributed by atoms with van der Waals surface area (Å²) in [6, 6.07) is 14.3. The van der Waals surface area contributed by atoms with Gasteiger partial charge in [-0.25, -0.2) is 9.97 Å². The molecule has 1 aliphatic rings. The fraction of sp³-hybridized carbons (Fsp3) is 0.296. The van der Waals surface area contributed by atoms with E-state index in [1.54, 1.807) is 0 Å². The first-order valence-electron chi connectivity index (χ1n) is 11.5. The second-order valence-electron chi connectivity index (χ2n) is 9.40. The molecule has 3 N–H and O–H groups in total. The first kappa shape index (κ1) is 21.2. The lowest BCUT2D eigenvalue weighted by atomic mass is 9.98. The van der Waals surface area contributed by atoms with Crippen LogP contribution in [0.25, 0.3) is 28.2 Å². The predicted molar refractivity (Wildman–Crippen MR) is 132 cm³/mol. The Labute approximate surface area is 193 Å². The third-order valence-electron chi connectivity index (χ3n) is 6.11. The molecule has 0 atom stereocenters. The Morgan fingerprint density at radius 2 is 2.00 bits per heavy atom. The van der Waals surface area contributed by atoms with Gasteiger partial charge < -0.3 is 11.1 Å². The highest BCUT2D eigenvalue weighted by Crippen LogP contribution is 2.43. The minimum Gasteiger partial charge on any atom is -0.367 e. The molecule has 2 heterocycles. The van der Waals surface area contributed by atoms with E-state index in [0.29, 0.717) is 17.4 Å². The number of rotatable bonds is 7. The van der Waals surface area contributed by atoms with Gasteiger partial charge in [0.2, 0.25) is 5.91 Å². The Balaban J connectivity index is 1.67. The molecule has 0 radical (unpaired) electrons. The zero-order valence-corrected chi connectivity index (χ0v) is 19.3. The molecule has 4 aromatic rings. The largest absolute Gasteiger partial charge is 0.367 e. The van der Waals surface area contributed by atoms with Crippen LogP contribution in [0.5, 0.6) is 0 Å². The van der Waals surface area contributed by atoms with Gasteiger partial charge >= 0.3 is 0 Å². The molecule has 6 heteroatoms. The Kier molecular flexibility index (Phi) is 5.36. The van der Waals surface area contributed by atoms with Crippen molar-refractivity contribution in [3.63, 3.8) is 0 Å². The molecular formula is C27H29N5O. The van der Waals surface area contributed by atoms with Gasteiger partial charge in [-0.15, -0.1) is 0 Å². The maximum Gasteiger partial charge on any atom is 0.248 e. The van der Waals surface area contributed by atoms with E-state index in [0.717, 1.165) is 58.9 Å². The van der Waals surface area contributed by atoms with Crippen LogP contribution < -0.4 is 11.1 Å². The molecule has 168 valence electrons. The van der Waals surface area contributed by atoms with Crippen molar-refractivity contribution in [1.29, 1.82) is 0 Å².